The van der Waals surface area contributed by atoms with Gasteiger partial charge < -0.3 is 4.90 Å². The van der Waals surface area contributed by atoms with Gasteiger partial charge in [0.2, 0.25) is 0 Å². The molecule has 1 aliphatic heterocycles. The van der Waals surface area contributed by atoms with Gasteiger partial charge in [0.25, 0.3) is 5.91 Å². The minimum atomic E-state index is 0.0648. The van der Waals surface area contributed by atoms with Gasteiger partial charge in [-0.3, -0.25) is 14.8 Å². The highest BCUT2D eigenvalue weighted by Gasteiger charge is 2.26. The SMILES string of the molecule is Cc1cc(Cc2ccccc2)cc(C2CCCN(C(=O)c3cccnc3)C2)n1. The fraction of sp³-hybridized carbons (Fsp3) is 0.292. The van der Waals surface area contributed by atoms with E-state index in [0.29, 0.717) is 5.56 Å². The summed E-state index contributed by atoms with van der Waals surface area (Å²) >= 11 is 0. The average molecular weight is 371 g/mol. The number of aromatic nitrogens is 2. The number of carbonyl (C=O) groups is 1. The third-order valence-electron chi connectivity index (χ3n) is 5.32. The molecule has 0 N–H and O–H groups in total. The Balaban J connectivity index is 1.52. The van der Waals surface area contributed by atoms with E-state index in [2.05, 4.69) is 48.3 Å². The molecule has 142 valence electrons. The highest BCUT2D eigenvalue weighted by Crippen LogP contribution is 2.28. The molecule has 28 heavy (non-hydrogen) atoms. The standard InChI is InChI=1S/C24H25N3O/c1-18-13-20(14-19-7-3-2-4-8-19)15-23(26-18)22-10-6-12-27(17-22)24(28)21-9-5-11-25-16-21/h2-5,7-9,11,13,15-16,22H,6,10,12,14,17H2,1H3. The van der Waals surface area contributed by atoms with E-state index >= 15 is 0 Å². The summed E-state index contributed by atoms with van der Waals surface area (Å²) < 4.78 is 0. The number of amides is 1. The molecular formula is C24H25N3O. The third kappa shape index (κ3) is 4.28. The van der Waals surface area contributed by atoms with Crippen LogP contribution < -0.4 is 0 Å². The average Bonchev–Trinajstić information content (AvgIpc) is 2.74. The van der Waals surface area contributed by atoms with E-state index in [1.165, 1.54) is 11.1 Å². The second-order valence-electron chi connectivity index (χ2n) is 7.54. The molecule has 1 fully saturated rings. The monoisotopic (exact) mass is 371 g/mol. The number of nitrogens with zero attached hydrogens (tertiary/aromatic N) is 3. The number of aryl methyl sites for hydroxylation is 1. The second-order valence-corrected chi connectivity index (χ2v) is 7.54. The predicted molar refractivity (Wildman–Crippen MR) is 110 cm³/mol. The van der Waals surface area contributed by atoms with Crippen molar-refractivity contribution in [2.75, 3.05) is 13.1 Å². The lowest BCUT2D eigenvalue weighted by atomic mass is 9.92. The lowest BCUT2D eigenvalue weighted by Gasteiger charge is -2.32. The molecule has 0 aliphatic carbocycles. The van der Waals surface area contributed by atoms with Crippen molar-refractivity contribution < 1.29 is 4.79 Å². The van der Waals surface area contributed by atoms with E-state index < -0.39 is 0 Å². The van der Waals surface area contributed by atoms with Crippen molar-refractivity contribution in [3.63, 3.8) is 0 Å². The summed E-state index contributed by atoms with van der Waals surface area (Å²) in [5.41, 5.74) is 5.39. The smallest absolute Gasteiger partial charge is 0.255 e. The molecule has 1 amide bonds. The zero-order valence-electron chi connectivity index (χ0n) is 16.2. The summed E-state index contributed by atoms with van der Waals surface area (Å²) in [5, 5.41) is 0. The van der Waals surface area contributed by atoms with Gasteiger partial charge in [0.15, 0.2) is 0 Å². The topological polar surface area (TPSA) is 46.1 Å². The Morgan fingerprint density at radius 2 is 1.96 bits per heavy atom. The van der Waals surface area contributed by atoms with Crippen molar-refractivity contribution in [1.29, 1.82) is 0 Å². The van der Waals surface area contributed by atoms with Crippen LogP contribution in [-0.4, -0.2) is 33.9 Å². The molecule has 1 saturated heterocycles. The molecule has 3 aromatic rings. The van der Waals surface area contributed by atoms with Crippen molar-refractivity contribution in [2.24, 2.45) is 0 Å². The molecule has 4 rings (SSSR count). The molecule has 1 atom stereocenters. The van der Waals surface area contributed by atoms with Crippen LogP contribution >= 0.6 is 0 Å². The highest BCUT2D eigenvalue weighted by atomic mass is 16.2. The number of hydrogen-bond acceptors (Lipinski definition) is 3. The predicted octanol–water partition coefficient (Wildman–Crippen LogP) is 4.40. The van der Waals surface area contributed by atoms with Crippen LogP contribution in [0.3, 0.4) is 0 Å². The first-order valence-electron chi connectivity index (χ1n) is 9.90. The zero-order chi connectivity index (χ0) is 19.3. The van der Waals surface area contributed by atoms with Crippen molar-refractivity contribution >= 4 is 5.91 Å². The lowest BCUT2D eigenvalue weighted by molar-refractivity contribution is 0.0705. The van der Waals surface area contributed by atoms with Gasteiger partial charge in [-0.2, -0.15) is 0 Å². The van der Waals surface area contributed by atoms with Crippen LogP contribution in [-0.2, 0) is 6.42 Å². The van der Waals surface area contributed by atoms with Crippen LogP contribution in [0.2, 0.25) is 0 Å². The van der Waals surface area contributed by atoms with Gasteiger partial charge in [-0.1, -0.05) is 30.3 Å². The molecule has 0 saturated carbocycles. The number of pyridine rings is 2. The summed E-state index contributed by atoms with van der Waals surface area (Å²) in [7, 11) is 0. The fourth-order valence-corrected chi connectivity index (χ4v) is 3.99. The van der Waals surface area contributed by atoms with Crippen molar-refractivity contribution in [3.05, 3.63) is 95.1 Å². The molecule has 1 aliphatic rings. The van der Waals surface area contributed by atoms with E-state index in [0.717, 1.165) is 43.7 Å². The minimum absolute atomic E-state index is 0.0648. The minimum Gasteiger partial charge on any atom is -0.338 e. The van der Waals surface area contributed by atoms with E-state index in [1.54, 1.807) is 12.4 Å². The quantitative estimate of drug-likeness (QED) is 0.683. The normalized spacial score (nSPS) is 16.8. The summed E-state index contributed by atoms with van der Waals surface area (Å²) in [6.45, 7) is 3.57. The number of carbonyl (C=O) groups excluding carboxylic acids is 1. The van der Waals surface area contributed by atoms with E-state index in [9.17, 15) is 4.79 Å². The molecule has 1 aromatic carbocycles. The van der Waals surface area contributed by atoms with Crippen molar-refractivity contribution in [3.8, 4) is 0 Å². The number of hydrogen-bond donors (Lipinski definition) is 0. The first-order chi connectivity index (χ1) is 13.7. The number of piperidine rings is 1. The van der Waals surface area contributed by atoms with Gasteiger partial charge in [-0.25, -0.2) is 0 Å². The molecule has 3 heterocycles. The fourth-order valence-electron chi connectivity index (χ4n) is 3.99. The van der Waals surface area contributed by atoms with Crippen LogP contribution in [0.25, 0.3) is 0 Å². The summed E-state index contributed by atoms with van der Waals surface area (Å²) in [5.74, 6) is 0.346. The Bertz CT molecular complexity index is 941. The molecule has 1 unspecified atom stereocenters. The number of likely N-dealkylation sites (tertiary alicyclic amines) is 1. The Labute approximate surface area is 166 Å². The van der Waals surface area contributed by atoms with E-state index in [1.807, 2.05) is 23.1 Å². The first-order valence-corrected chi connectivity index (χ1v) is 9.90. The van der Waals surface area contributed by atoms with Crippen LogP contribution in [0, 0.1) is 6.92 Å². The molecule has 0 radical (unpaired) electrons. The number of benzene rings is 1. The second kappa shape index (κ2) is 8.34. The Hall–Kier alpha value is -3.01. The molecule has 4 heteroatoms. The van der Waals surface area contributed by atoms with Crippen LogP contribution in [0.4, 0.5) is 0 Å². The third-order valence-corrected chi connectivity index (χ3v) is 5.32. The highest BCUT2D eigenvalue weighted by molar-refractivity contribution is 5.94. The Kier molecular flexibility index (Phi) is 5.47. The number of rotatable bonds is 4. The molecule has 4 nitrogen and oxygen atoms in total. The molecule has 0 bridgehead atoms. The van der Waals surface area contributed by atoms with E-state index in [-0.39, 0.29) is 11.8 Å². The van der Waals surface area contributed by atoms with Gasteiger partial charge in [-0.05, 0) is 61.6 Å². The van der Waals surface area contributed by atoms with Crippen LogP contribution in [0.1, 0.15) is 51.6 Å². The van der Waals surface area contributed by atoms with Gasteiger partial charge in [0.05, 0.1) is 5.56 Å². The van der Waals surface area contributed by atoms with Crippen LogP contribution in [0.15, 0.2) is 67.0 Å². The van der Waals surface area contributed by atoms with Gasteiger partial charge in [0, 0.05) is 42.8 Å². The summed E-state index contributed by atoms with van der Waals surface area (Å²) in [6.07, 6.45) is 6.32. The molecular weight excluding hydrogens is 346 g/mol. The Morgan fingerprint density at radius 3 is 2.75 bits per heavy atom. The Morgan fingerprint density at radius 1 is 1.11 bits per heavy atom. The molecule has 0 spiro atoms. The van der Waals surface area contributed by atoms with Crippen molar-refractivity contribution in [1.82, 2.24) is 14.9 Å². The first kappa shape index (κ1) is 18.4. The van der Waals surface area contributed by atoms with Crippen LogP contribution in [0.5, 0.6) is 0 Å². The maximum absolute atomic E-state index is 12.8. The van der Waals surface area contributed by atoms with Gasteiger partial charge in [-0.15, -0.1) is 0 Å². The maximum atomic E-state index is 12.8. The van der Waals surface area contributed by atoms with Gasteiger partial charge >= 0.3 is 0 Å². The molecule has 2 aromatic heterocycles. The zero-order valence-corrected chi connectivity index (χ0v) is 16.2. The van der Waals surface area contributed by atoms with E-state index in [4.69, 9.17) is 4.98 Å². The largest absolute Gasteiger partial charge is 0.338 e. The maximum Gasteiger partial charge on any atom is 0.255 e. The lowest BCUT2D eigenvalue weighted by Crippen LogP contribution is -2.39. The summed E-state index contributed by atoms with van der Waals surface area (Å²) in [6, 6.07) is 18.5. The van der Waals surface area contributed by atoms with Crippen molar-refractivity contribution in [2.45, 2.75) is 32.1 Å². The summed E-state index contributed by atoms with van der Waals surface area (Å²) in [4.78, 5) is 23.7. The van der Waals surface area contributed by atoms with Gasteiger partial charge in [0.1, 0.15) is 0 Å².